The molecule has 1 amide bonds. The molecular weight excluding hydrogens is 197 g/mol. The molecule has 78 valence electrons. The van der Waals surface area contributed by atoms with Crippen molar-refractivity contribution in [2.24, 2.45) is 0 Å². The SMILES string of the molecule is CC(=O)NCC#Cc1ncc(F)cc1N. The number of aromatic nitrogens is 1. The predicted molar refractivity (Wildman–Crippen MR) is 54.2 cm³/mol. The van der Waals surface area contributed by atoms with Crippen LogP contribution >= 0.6 is 0 Å². The van der Waals surface area contributed by atoms with Gasteiger partial charge in [-0.25, -0.2) is 9.37 Å². The van der Waals surface area contributed by atoms with Gasteiger partial charge in [0.05, 0.1) is 18.4 Å². The van der Waals surface area contributed by atoms with Crippen molar-refractivity contribution in [2.75, 3.05) is 12.3 Å². The highest BCUT2D eigenvalue weighted by molar-refractivity contribution is 5.73. The Morgan fingerprint density at radius 3 is 3.07 bits per heavy atom. The lowest BCUT2D eigenvalue weighted by atomic mass is 10.3. The number of carbonyl (C=O) groups is 1. The van der Waals surface area contributed by atoms with E-state index in [-0.39, 0.29) is 18.1 Å². The monoisotopic (exact) mass is 207 g/mol. The molecule has 0 saturated heterocycles. The van der Waals surface area contributed by atoms with Crippen LogP contribution in [0.2, 0.25) is 0 Å². The van der Waals surface area contributed by atoms with Crippen molar-refractivity contribution in [1.82, 2.24) is 10.3 Å². The summed E-state index contributed by atoms with van der Waals surface area (Å²) in [5, 5.41) is 2.49. The van der Waals surface area contributed by atoms with Crippen molar-refractivity contribution in [3.63, 3.8) is 0 Å². The van der Waals surface area contributed by atoms with Crippen molar-refractivity contribution >= 4 is 11.6 Å². The van der Waals surface area contributed by atoms with Gasteiger partial charge in [-0.3, -0.25) is 4.79 Å². The largest absolute Gasteiger partial charge is 0.396 e. The molecule has 1 rings (SSSR count). The lowest BCUT2D eigenvalue weighted by Crippen LogP contribution is -2.19. The van der Waals surface area contributed by atoms with Crippen LogP contribution in [0.5, 0.6) is 0 Å². The van der Waals surface area contributed by atoms with Crippen LogP contribution in [-0.2, 0) is 4.79 Å². The van der Waals surface area contributed by atoms with E-state index >= 15 is 0 Å². The van der Waals surface area contributed by atoms with E-state index in [0.717, 1.165) is 12.3 Å². The summed E-state index contributed by atoms with van der Waals surface area (Å²) < 4.78 is 12.6. The smallest absolute Gasteiger partial charge is 0.217 e. The summed E-state index contributed by atoms with van der Waals surface area (Å²) >= 11 is 0. The van der Waals surface area contributed by atoms with Crippen LogP contribution in [-0.4, -0.2) is 17.4 Å². The molecule has 4 nitrogen and oxygen atoms in total. The molecule has 0 unspecified atom stereocenters. The zero-order chi connectivity index (χ0) is 11.3. The van der Waals surface area contributed by atoms with E-state index in [4.69, 9.17) is 5.73 Å². The van der Waals surface area contributed by atoms with Crippen LogP contribution < -0.4 is 11.1 Å². The number of amides is 1. The zero-order valence-corrected chi connectivity index (χ0v) is 8.17. The first kappa shape index (κ1) is 11.0. The third kappa shape index (κ3) is 3.65. The third-order valence-electron chi connectivity index (χ3n) is 1.52. The molecular formula is C10H10FN3O. The minimum atomic E-state index is -0.500. The van der Waals surface area contributed by atoms with Crippen molar-refractivity contribution in [3.05, 3.63) is 23.8 Å². The highest BCUT2D eigenvalue weighted by atomic mass is 19.1. The van der Waals surface area contributed by atoms with E-state index in [0.29, 0.717) is 5.69 Å². The van der Waals surface area contributed by atoms with Gasteiger partial charge >= 0.3 is 0 Å². The Labute approximate surface area is 86.7 Å². The van der Waals surface area contributed by atoms with Gasteiger partial charge in [0.15, 0.2) is 0 Å². The quantitative estimate of drug-likeness (QED) is 0.650. The number of nitrogens with one attached hydrogen (secondary N) is 1. The number of nitrogens with zero attached hydrogens (tertiary/aromatic N) is 1. The molecule has 1 aromatic heterocycles. The molecule has 1 heterocycles. The van der Waals surface area contributed by atoms with Gasteiger partial charge in [-0.15, -0.1) is 0 Å². The maximum absolute atomic E-state index is 12.6. The molecule has 0 aromatic carbocycles. The second kappa shape index (κ2) is 4.96. The summed E-state index contributed by atoms with van der Waals surface area (Å²) in [5.41, 5.74) is 5.96. The maximum atomic E-state index is 12.6. The van der Waals surface area contributed by atoms with Gasteiger partial charge in [-0.05, 0) is 5.92 Å². The number of carbonyl (C=O) groups excluding carboxylic acids is 1. The molecule has 0 spiro atoms. The summed E-state index contributed by atoms with van der Waals surface area (Å²) in [6, 6.07) is 1.15. The summed E-state index contributed by atoms with van der Waals surface area (Å²) in [4.78, 5) is 14.2. The normalized spacial score (nSPS) is 8.93. The van der Waals surface area contributed by atoms with Crippen LogP contribution in [0.1, 0.15) is 12.6 Å². The third-order valence-corrected chi connectivity index (χ3v) is 1.52. The molecule has 0 atom stereocenters. The Kier molecular flexibility index (Phi) is 3.63. The zero-order valence-electron chi connectivity index (χ0n) is 8.17. The first-order valence-electron chi connectivity index (χ1n) is 4.24. The molecule has 1 aromatic rings. The lowest BCUT2D eigenvalue weighted by molar-refractivity contribution is -0.118. The Morgan fingerprint density at radius 1 is 1.73 bits per heavy atom. The number of hydrogen-bond acceptors (Lipinski definition) is 3. The van der Waals surface area contributed by atoms with Gasteiger partial charge in [0.2, 0.25) is 5.91 Å². The molecule has 0 radical (unpaired) electrons. The van der Waals surface area contributed by atoms with Crippen molar-refractivity contribution < 1.29 is 9.18 Å². The Hall–Kier alpha value is -2.09. The van der Waals surface area contributed by atoms with Gasteiger partial charge in [0.1, 0.15) is 11.5 Å². The molecule has 5 heteroatoms. The first-order chi connectivity index (χ1) is 7.09. The van der Waals surface area contributed by atoms with Crippen molar-refractivity contribution in [1.29, 1.82) is 0 Å². The molecule has 0 bridgehead atoms. The Balaban J connectivity index is 2.67. The minimum Gasteiger partial charge on any atom is -0.396 e. The standard InChI is InChI=1S/C10H10FN3O/c1-7(15)13-4-2-3-10-9(12)5-8(11)6-14-10/h5-6H,4,12H2,1H3,(H,13,15). The van der Waals surface area contributed by atoms with Crippen LogP contribution in [0, 0.1) is 17.7 Å². The molecule has 0 fully saturated rings. The van der Waals surface area contributed by atoms with Crippen molar-refractivity contribution in [2.45, 2.75) is 6.92 Å². The second-order valence-corrected chi connectivity index (χ2v) is 2.80. The number of rotatable bonds is 1. The van der Waals surface area contributed by atoms with Crippen molar-refractivity contribution in [3.8, 4) is 11.8 Å². The maximum Gasteiger partial charge on any atom is 0.217 e. The fraction of sp³-hybridized carbons (Fsp3) is 0.200. The number of nitrogen functional groups attached to an aromatic ring is 1. The second-order valence-electron chi connectivity index (χ2n) is 2.80. The van der Waals surface area contributed by atoms with Crippen LogP contribution in [0.15, 0.2) is 12.3 Å². The number of anilines is 1. The first-order valence-corrected chi connectivity index (χ1v) is 4.24. The van der Waals surface area contributed by atoms with Gasteiger partial charge in [0, 0.05) is 13.0 Å². The summed E-state index contributed by atoms with van der Waals surface area (Å²) in [5.74, 6) is 4.61. The molecule has 0 aliphatic carbocycles. The fourth-order valence-electron chi connectivity index (χ4n) is 0.856. The van der Waals surface area contributed by atoms with Gasteiger partial charge < -0.3 is 11.1 Å². The van der Waals surface area contributed by atoms with E-state index < -0.39 is 5.82 Å². The molecule has 0 aliphatic rings. The number of halogens is 1. The molecule has 0 aliphatic heterocycles. The van der Waals surface area contributed by atoms with Gasteiger partial charge in [-0.2, -0.15) is 0 Å². The Bertz CT molecular complexity index is 434. The topological polar surface area (TPSA) is 68.0 Å². The molecule has 0 saturated carbocycles. The highest BCUT2D eigenvalue weighted by Gasteiger charge is 1.98. The number of nitrogens with two attached hydrogens (primary N) is 1. The van der Waals surface area contributed by atoms with Gasteiger partial charge in [-0.1, -0.05) is 5.92 Å². The fourth-order valence-corrected chi connectivity index (χ4v) is 0.856. The average Bonchev–Trinajstić information content (AvgIpc) is 2.14. The predicted octanol–water partition coefficient (Wildman–Crippen LogP) is 0.291. The van der Waals surface area contributed by atoms with Gasteiger partial charge in [0.25, 0.3) is 0 Å². The number of hydrogen-bond donors (Lipinski definition) is 2. The average molecular weight is 207 g/mol. The van der Waals surface area contributed by atoms with Crippen LogP contribution in [0.4, 0.5) is 10.1 Å². The van der Waals surface area contributed by atoms with Crippen LogP contribution in [0.25, 0.3) is 0 Å². The minimum absolute atomic E-state index is 0.163. The number of pyridine rings is 1. The van der Waals surface area contributed by atoms with Crippen LogP contribution in [0.3, 0.4) is 0 Å². The van der Waals surface area contributed by atoms with E-state index in [1.54, 1.807) is 0 Å². The summed E-state index contributed by atoms with van der Waals surface area (Å²) in [6.45, 7) is 1.61. The highest BCUT2D eigenvalue weighted by Crippen LogP contribution is 2.07. The summed E-state index contributed by atoms with van der Waals surface area (Å²) in [7, 11) is 0. The van der Waals surface area contributed by atoms with E-state index in [1.807, 2.05) is 0 Å². The molecule has 15 heavy (non-hydrogen) atoms. The van der Waals surface area contributed by atoms with E-state index in [9.17, 15) is 9.18 Å². The van der Waals surface area contributed by atoms with E-state index in [2.05, 4.69) is 22.1 Å². The molecule has 3 N–H and O–H groups in total. The van der Waals surface area contributed by atoms with E-state index in [1.165, 1.54) is 6.92 Å². The summed E-state index contributed by atoms with van der Waals surface area (Å²) in [6.07, 6.45) is 1.04. The Morgan fingerprint density at radius 2 is 2.47 bits per heavy atom. The lowest BCUT2D eigenvalue weighted by Gasteiger charge is -1.96.